The van der Waals surface area contributed by atoms with Crippen molar-refractivity contribution in [1.29, 1.82) is 0 Å². The van der Waals surface area contributed by atoms with Crippen LogP contribution in [0.2, 0.25) is 18.1 Å². The third-order valence-corrected chi connectivity index (χ3v) is 10.1. The Morgan fingerprint density at radius 3 is 2.38 bits per heavy atom. The number of hydrogen-bond donors (Lipinski definition) is 0. The molecule has 1 nitrogen and oxygen atoms in total. The molecule has 0 bridgehead atoms. The Bertz CT molecular complexity index is 321. The van der Waals surface area contributed by atoms with Crippen LogP contribution in [-0.2, 0) is 4.74 Å². The second kappa shape index (κ2) is 7.48. The van der Waals surface area contributed by atoms with Gasteiger partial charge in [0.25, 0.3) is 0 Å². The molecule has 1 unspecified atom stereocenters. The summed E-state index contributed by atoms with van der Waals surface area (Å²) in [5.74, 6) is 1.04. The predicted molar refractivity (Wildman–Crippen MR) is 99.3 cm³/mol. The number of hydrogen-bond acceptors (Lipinski definition) is 1. The van der Waals surface area contributed by atoms with Gasteiger partial charge in [-0.2, -0.15) is 0 Å². The summed E-state index contributed by atoms with van der Waals surface area (Å²) in [5, 5.41) is 1.55. The van der Waals surface area contributed by atoms with E-state index in [0.717, 1.165) is 17.9 Å². The van der Waals surface area contributed by atoms with Crippen molar-refractivity contribution in [1.82, 2.24) is 0 Å². The molecule has 0 aromatic carbocycles. The van der Waals surface area contributed by atoms with Gasteiger partial charge in [0.1, 0.15) is 0 Å². The minimum Gasteiger partial charge on any atom is -0.377 e. The van der Waals surface area contributed by atoms with E-state index >= 15 is 0 Å². The van der Waals surface area contributed by atoms with E-state index in [9.17, 15) is 0 Å². The highest BCUT2D eigenvalue weighted by atomic mass is 79.9. The first-order valence-corrected chi connectivity index (χ1v) is 13.1. The van der Waals surface area contributed by atoms with Crippen LogP contribution in [0, 0.1) is 11.3 Å². The van der Waals surface area contributed by atoms with Crippen molar-refractivity contribution in [3.8, 4) is 0 Å². The van der Waals surface area contributed by atoms with Crippen molar-refractivity contribution in [3.63, 3.8) is 0 Å². The Balaban J connectivity index is 1.95. The van der Waals surface area contributed by atoms with E-state index in [1.807, 2.05) is 0 Å². The standard InChI is InChI=1S/C18H35BrOSi/c1-17(2,21(3)4)14-20-16(7-5-12-19)18(10-6-11-18)13-15-8-9-15/h15-16,21H,5-14H2,1-4H3. The number of rotatable bonds is 10. The smallest absolute Gasteiger partial charge is 0.0631 e. The predicted octanol–water partition coefficient (Wildman–Crippen LogP) is 5.78. The molecule has 2 saturated carbocycles. The van der Waals surface area contributed by atoms with Crippen molar-refractivity contribution in [2.45, 2.75) is 89.5 Å². The Morgan fingerprint density at radius 2 is 1.95 bits per heavy atom. The SMILES string of the molecule is C[SiH](C)C(C)(C)COC(CCCBr)C1(CC2CC2)CCC1. The first kappa shape index (κ1) is 18.0. The molecule has 0 radical (unpaired) electrons. The van der Waals surface area contributed by atoms with E-state index in [1.54, 1.807) is 0 Å². The fourth-order valence-corrected chi connectivity index (χ4v) is 4.25. The summed E-state index contributed by atoms with van der Waals surface area (Å²) in [4.78, 5) is 0. The second-order valence-corrected chi connectivity index (χ2v) is 13.3. The average molecular weight is 375 g/mol. The summed E-state index contributed by atoms with van der Waals surface area (Å²) < 4.78 is 6.62. The number of halogens is 1. The van der Waals surface area contributed by atoms with E-state index < -0.39 is 8.80 Å². The molecule has 2 fully saturated rings. The normalized spacial score (nSPS) is 23.1. The lowest BCUT2D eigenvalue weighted by atomic mass is 9.61. The summed E-state index contributed by atoms with van der Waals surface area (Å²) >= 11 is 3.61. The molecule has 1 atom stereocenters. The second-order valence-electron chi connectivity index (χ2n) is 8.64. The Labute approximate surface area is 142 Å². The van der Waals surface area contributed by atoms with Gasteiger partial charge in [-0.1, -0.05) is 62.1 Å². The Kier molecular flexibility index (Phi) is 6.42. The zero-order valence-corrected chi connectivity index (χ0v) is 17.3. The zero-order valence-electron chi connectivity index (χ0n) is 14.6. The van der Waals surface area contributed by atoms with Gasteiger partial charge in [-0.05, 0) is 48.5 Å². The third-order valence-electron chi connectivity index (χ3n) is 6.24. The van der Waals surface area contributed by atoms with Crippen LogP contribution in [-0.4, -0.2) is 26.8 Å². The first-order chi connectivity index (χ1) is 9.89. The zero-order chi connectivity index (χ0) is 15.5. The largest absolute Gasteiger partial charge is 0.377 e. The van der Waals surface area contributed by atoms with E-state index in [0.29, 0.717) is 16.6 Å². The van der Waals surface area contributed by atoms with Gasteiger partial charge in [0.05, 0.1) is 6.10 Å². The molecular formula is C18H35BrOSi. The molecule has 0 spiro atoms. The Hall–Kier alpha value is 0.657. The molecular weight excluding hydrogens is 340 g/mol. The molecule has 2 aliphatic carbocycles. The first-order valence-electron chi connectivity index (χ1n) is 9.07. The highest BCUT2D eigenvalue weighted by molar-refractivity contribution is 9.09. The van der Waals surface area contributed by atoms with Crippen molar-refractivity contribution >= 4 is 24.7 Å². The minimum absolute atomic E-state index is 0.428. The fraction of sp³-hybridized carbons (Fsp3) is 1.00. The van der Waals surface area contributed by atoms with Gasteiger partial charge in [-0.3, -0.25) is 0 Å². The van der Waals surface area contributed by atoms with Crippen LogP contribution in [0.15, 0.2) is 0 Å². The molecule has 0 aliphatic heterocycles. The molecule has 0 amide bonds. The van der Waals surface area contributed by atoms with Crippen LogP contribution in [0.1, 0.15) is 65.2 Å². The van der Waals surface area contributed by atoms with E-state index in [2.05, 4.69) is 42.9 Å². The molecule has 0 aromatic rings. The monoisotopic (exact) mass is 374 g/mol. The van der Waals surface area contributed by atoms with Crippen molar-refractivity contribution < 1.29 is 4.74 Å². The molecule has 0 heterocycles. The maximum atomic E-state index is 6.62. The van der Waals surface area contributed by atoms with Gasteiger partial charge in [0.15, 0.2) is 0 Å². The summed E-state index contributed by atoms with van der Waals surface area (Å²) in [5.41, 5.74) is 0.554. The lowest BCUT2D eigenvalue weighted by molar-refractivity contribution is -0.0985. The quantitative estimate of drug-likeness (QED) is 0.347. The van der Waals surface area contributed by atoms with Crippen LogP contribution in [0.5, 0.6) is 0 Å². The van der Waals surface area contributed by atoms with Gasteiger partial charge in [-0.15, -0.1) is 0 Å². The van der Waals surface area contributed by atoms with Gasteiger partial charge in [0, 0.05) is 20.7 Å². The maximum absolute atomic E-state index is 6.62. The Morgan fingerprint density at radius 1 is 1.29 bits per heavy atom. The maximum Gasteiger partial charge on any atom is 0.0631 e. The summed E-state index contributed by atoms with van der Waals surface area (Å²) in [7, 11) is -0.661. The summed E-state index contributed by atoms with van der Waals surface area (Å²) in [6.45, 7) is 10.7. The van der Waals surface area contributed by atoms with Crippen LogP contribution < -0.4 is 0 Å². The molecule has 124 valence electrons. The molecule has 21 heavy (non-hydrogen) atoms. The van der Waals surface area contributed by atoms with Crippen molar-refractivity contribution in [2.75, 3.05) is 11.9 Å². The molecule has 0 N–H and O–H groups in total. The van der Waals surface area contributed by atoms with Gasteiger partial charge >= 0.3 is 0 Å². The molecule has 0 saturated heterocycles. The highest BCUT2D eigenvalue weighted by Crippen LogP contribution is 2.55. The molecule has 2 aliphatic rings. The highest BCUT2D eigenvalue weighted by Gasteiger charge is 2.47. The van der Waals surface area contributed by atoms with Gasteiger partial charge in [0.2, 0.25) is 0 Å². The third kappa shape index (κ3) is 4.81. The lowest BCUT2D eigenvalue weighted by Gasteiger charge is -2.49. The van der Waals surface area contributed by atoms with Gasteiger partial charge in [-0.25, -0.2) is 0 Å². The fourth-order valence-electron chi connectivity index (χ4n) is 3.50. The molecule has 0 aromatic heterocycles. The summed E-state index contributed by atoms with van der Waals surface area (Å²) in [6, 6.07) is 0. The topological polar surface area (TPSA) is 9.23 Å². The molecule has 3 heteroatoms. The number of alkyl halides is 1. The van der Waals surface area contributed by atoms with Crippen molar-refractivity contribution in [2.24, 2.45) is 11.3 Å². The summed E-state index contributed by atoms with van der Waals surface area (Å²) in [6.07, 6.45) is 11.8. The number of ether oxygens (including phenoxy) is 1. The van der Waals surface area contributed by atoms with Crippen LogP contribution in [0.4, 0.5) is 0 Å². The van der Waals surface area contributed by atoms with Crippen LogP contribution in [0.25, 0.3) is 0 Å². The molecule has 2 rings (SSSR count). The van der Waals surface area contributed by atoms with E-state index in [4.69, 9.17) is 4.74 Å². The van der Waals surface area contributed by atoms with Gasteiger partial charge < -0.3 is 4.74 Å². The minimum atomic E-state index is -0.661. The average Bonchev–Trinajstić information content (AvgIpc) is 3.18. The van der Waals surface area contributed by atoms with E-state index in [1.165, 1.54) is 51.4 Å². The van der Waals surface area contributed by atoms with Crippen LogP contribution >= 0.6 is 15.9 Å². The van der Waals surface area contributed by atoms with Crippen molar-refractivity contribution in [3.05, 3.63) is 0 Å². The van der Waals surface area contributed by atoms with Crippen LogP contribution in [0.3, 0.4) is 0 Å². The lowest BCUT2D eigenvalue weighted by Crippen LogP contribution is -2.45. The van der Waals surface area contributed by atoms with E-state index in [-0.39, 0.29) is 0 Å².